The van der Waals surface area contributed by atoms with Crippen molar-refractivity contribution >= 4 is 11.6 Å². The van der Waals surface area contributed by atoms with E-state index in [0.717, 1.165) is 31.7 Å². The number of likely N-dealkylation sites (N-methyl/N-ethyl adjacent to an activating group) is 1. The van der Waals surface area contributed by atoms with E-state index in [0.29, 0.717) is 23.8 Å². The average Bonchev–Trinajstić information content (AvgIpc) is 2.47. The second-order valence-corrected chi connectivity index (χ2v) is 5.97. The zero-order chi connectivity index (χ0) is 15.4. The van der Waals surface area contributed by atoms with Crippen molar-refractivity contribution < 1.29 is 4.79 Å². The summed E-state index contributed by atoms with van der Waals surface area (Å²) in [6.07, 6.45) is 0. The zero-order valence-corrected chi connectivity index (χ0v) is 13.2. The van der Waals surface area contributed by atoms with Crippen molar-refractivity contribution in [2.24, 2.45) is 0 Å². The van der Waals surface area contributed by atoms with Gasteiger partial charge in [-0.1, -0.05) is 6.07 Å². The minimum absolute atomic E-state index is 0.0409. The monoisotopic (exact) mass is 290 g/mol. The Morgan fingerprint density at radius 2 is 2.00 bits per heavy atom. The highest BCUT2D eigenvalue weighted by Gasteiger charge is 2.19. The molecular formula is C16H26N4O. The van der Waals surface area contributed by atoms with Gasteiger partial charge in [-0.25, -0.2) is 0 Å². The molecule has 0 aliphatic carbocycles. The molecule has 5 nitrogen and oxygen atoms in total. The van der Waals surface area contributed by atoms with Crippen molar-refractivity contribution in [3.8, 4) is 0 Å². The lowest BCUT2D eigenvalue weighted by Crippen LogP contribution is -2.51. The Bertz CT molecular complexity index is 495. The molecule has 1 fully saturated rings. The maximum atomic E-state index is 12.3. The van der Waals surface area contributed by atoms with Crippen molar-refractivity contribution in [2.75, 3.05) is 45.5 Å². The highest BCUT2D eigenvalue weighted by atomic mass is 16.1. The maximum Gasteiger partial charge on any atom is 0.251 e. The van der Waals surface area contributed by atoms with E-state index in [1.54, 1.807) is 6.07 Å². The predicted octanol–water partition coefficient (Wildman–Crippen LogP) is 0.943. The van der Waals surface area contributed by atoms with Gasteiger partial charge in [0.25, 0.3) is 5.91 Å². The molecule has 3 N–H and O–H groups in total. The number of hydrogen-bond acceptors (Lipinski definition) is 4. The van der Waals surface area contributed by atoms with Gasteiger partial charge in [-0.05, 0) is 38.6 Å². The smallest absolute Gasteiger partial charge is 0.251 e. The second-order valence-electron chi connectivity index (χ2n) is 5.97. The molecule has 0 radical (unpaired) electrons. The first kappa shape index (κ1) is 15.8. The topological polar surface area (TPSA) is 61.6 Å². The molecule has 1 amide bonds. The van der Waals surface area contributed by atoms with Gasteiger partial charge in [-0.3, -0.25) is 9.69 Å². The van der Waals surface area contributed by atoms with Crippen LogP contribution in [-0.4, -0.2) is 61.5 Å². The van der Waals surface area contributed by atoms with E-state index in [2.05, 4.69) is 29.1 Å². The van der Waals surface area contributed by atoms with E-state index in [-0.39, 0.29) is 5.91 Å². The van der Waals surface area contributed by atoms with Gasteiger partial charge in [0.1, 0.15) is 0 Å². The summed E-state index contributed by atoms with van der Waals surface area (Å²) in [6.45, 7) is 9.06. The molecule has 1 saturated heterocycles. The number of carbonyl (C=O) groups is 1. The standard InChI is InChI=1S/C16H26N4O/c1-12-4-5-14(17)10-15(12)16(21)18-11-13(2)20-8-6-19(3)7-9-20/h4-5,10,13H,6-9,11,17H2,1-3H3,(H,18,21). The van der Waals surface area contributed by atoms with Crippen LogP contribution in [0.25, 0.3) is 0 Å². The van der Waals surface area contributed by atoms with Crippen LogP contribution in [0, 0.1) is 6.92 Å². The molecule has 1 unspecified atom stereocenters. The van der Waals surface area contributed by atoms with Crippen LogP contribution in [0.4, 0.5) is 5.69 Å². The van der Waals surface area contributed by atoms with Crippen LogP contribution >= 0.6 is 0 Å². The summed E-state index contributed by atoms with van der Waals surface area (Å²) in [7, 11) is 2.15. The molecule has 0 aromatic heterocycles. The van der Waals surface area contributed by atoms with Gasteiger partial charge in [-0.15, -0.1) is 0 Å². The Hall–Kier alpha value is -1.59. The lowest BCUT2D eigenvalue weighted by atomic mass is 10.1. The molecule has 1 aromatic rings. The number of nitrogen functional groups attached to an aromatic ring is 1. The van der Waals surface area contributed by atoms with Crippen molar-refractivity contribution in [3.63, 3.8) is 0 Å². The van der Waals surface area contributed by atoms with Gasteiger partial charge in [0, 0.05) is 50.0 Å². The van der Waals surface area contributed by atoms with Crippen LogP contribution in [0.15, 0.2) is 18.2 Å². The molecule has 1 atom stereocenters. The first-order valence-corrected chi connectivity index (χ1v) is 7.54. The fraction of sp³-hybridized carbons (Fsp3) is 0.562. The lowest BCUT2D eigenvalue weighted by Gasteiger charge is -2.36. The lowest BCUT2D eigenvalue weighted by molar-refractivity contribution is 0.0903. The summed E-state index contributed by atoms with van der Waals surface area (Å²) < 4.78 is 0. The minimum Gasteiger partial charge on any atom is -0.399 e. The van der Waals surface area contributed by atoms with Crippen molar-refractivity contribution in [1.29, 1.82) is 0 Å². The Morgan fingerprint density at radius 3 is 2.67 bits per heavy atom. The van der Waals surface area contributed by atoms with Gasteiger partial charge >= 0.3 is 0 Å². The number of aryl methyl sites for hydroxylation is 1. The molecule has 0 bridgehead atoms. The average molecular weight is 290 g/mol. The fourth-order valence-electron chi connectivity index (χ4n) is 2.61. The van der Waals surface area contributed by atoms with Crippen LogP contribution < -0.4 is 11.1 Å². The van der Waals surface area contributed by atoms with Crippen LogP contribution in [-0.2, 0) is 0 Å². The van der Waals surface area contributed by atoms with Gasteiger partial charge in [0.15, 0.2) is 0 Å². The molecule has 1 heterocycles. The maximum absolute atomic E-state index is 12.3. The van der Waals surface area contributed by atoms with Gasteiger partial charge in [-0.2, -0.15) is 0 Å². The number of carbonyl (C=O) groups excluding carboxylic acids is 1. The number of nitrogens with two attached hydrogens (primary N) is 1. The number of nitrogens with one attached hydrogen (secondary N) is 1. The van der Waals surface area contributed by atoms with Crippen LogP contribution in [0.2, 0.25) is 0 Å². The third kappa shape index (κ3) is 4.19. The summed E-state index contributed by atoms with van der Waals surface area (Å²) in [5, 5.41) is 3.03. The van der Waals surface area contributed by atoms with Crippen molar-refractivity contribution in [3.05, 3.63) is 29.3 Å². The van der Waals surface area contributed by atoms with Crippen molar-refractivity contribution in [2.45, 2.75) is 19.9 Å². The molecule has 1 aliphatic heterocycles. The van der Waals surface area contributed by atoms with E-state index in [4.69, 9.17) is 5.73 Å². The Balaban J connectivity index is 1.87. The highest BCUT2D eigenvalue weighted by molar-refractivity contribution is 5.96. The SMILES string of the molecule is Cc1ccc(N)cc1C(=O)NCC(C)N1CCN(C)CC1. The van der Waals surface area contributed by atoms with E-state index < -0.39 is 0 Å². The van der Waals surface area contributed by atoms with E-state index in [1.807, 2.05) is 19.1 Å². The molecular weight excluding hydrogens is 264 g/mol. The first-order chi connectivity index (χ1) is 9.97. The number of nitrogens with zero attached hydrogens (tertiary/aromatic N) is 2. The molecule has 21 heavy (non-hydrogen) atoms. The van der Waals surface area contributed by atoms with Crippen LogP contribution in [0.5, 0.6) is 0 Å². The van der Waals surface area contributed by atoms with Gasteiger partial charge in [0.05, 0.1) is 0 Å². The first-order valence-electron chi connectivity index (χ1n) is 7.54. The Morgan fingerprint density at radius 1 is 1.33 bits per heavy atom. The minimum atomic E-state index is -0.0409. The van der Waals surface area contributed by atoms with Gasteiger partial charge < -0.3 is 16.0 Å². The molecule has 0 saturated carbocycles. The molecule has 1 aliphatic rings. The van der Waals surface area contributed by atoms with E-state index in [1.165, 1.54) is 0 Å². The predicted molar refractivity (Wildman–Crippen MR) is 86.5 cm³/mol. The fourth-order valence-corrected chi connectivity index (χ4v) is 2.61. The van der Waals surface area contributed by atoms with Crippen molar-refractivity contribution in [1.82, 2.24) is 15.1 Å². The molecule has 2 rings (SSSR count). The number of piperazine rings is 1. The number of benzene rings is 1. The Kier molecular flexibility index (Phi) is 5.20. The summed E-state index contributed by atoms with van der Waals surface area (Å²) in [5.74, 6) is -0.0409. The van der Waals surface area contributed by atoms with Gasteiger partial charge in [0.2, 0.25) is 0 Å². The van der Waals surface area contributed by atoms with E-state index >= 15 is 0 Å². The number of anilines is 1. The number of amides is 1. The molecule has 0 spiro atoms. The molecule has 1 aromatic carbocycles. The normalized spacial score (nSPS) is 18.4. The quantitative estimate of drug-likeness (QED) is 0.810. The summed E-state index contributed by atoms with van der Waals surface area (Å²) in [6, 6.07) is 5.79. The zero-order valence-electron chi connectivity index (χ0n) is 13.2. The third-order valence-electron chi connectivity index (χ3n) is 4.23. The summed E-state index contributed by atoms with van der Waals surface area (Å²) in [4.78, 5) is 17.0. The Labute approximate surface area is 127 Å². The second kappa shape index (κ2) is 6.91. The largest absolute Gasteiger partial charge is 0.399 e. The van der Waals surface area contributed by atoms with Crippen LogP contribution in [0.1, 0.15) is 22.8 Å². The molecule has 116 valence electrons. The molecule has 5 heteroatoms. The summed E-state index contributed by atoms with van der Waals surface area (Å²) >= 11 is 0. The number of hydrogen-bond donors (Lipinski definition) is 2. The van der Waals surface area contributed by atoms with Crippen LogP contribution in [0.3, 0.4) is 0 Å². The van der Waals surface area contributed by atoms with E-state index in [9.17, 15) is 4.79 Å². The summed E-state index contributed by atoms with van der Waals surface area (Å²) in [5.41, 5.74) is 8.00. The number of rotatable bonds is 4. The highest BCUT2D eigenvalue weighted by Crippen LogP contribution is 2.12. The third-order valence-corrected chi connectivity index (χ3v) is 4.23.